The van der Waals surface area contributed by atoms with Crippen molar-refractivity contribution >= 4 is 11.9 Å². The van der Waals surface area contributed by atoms with Crippen molar-refractivity contribution in [2.75, 3.05) is 13.2 Å². The van der Waals surface area contributed by atoms with E-state index in [0.29, 0.717) is 26.2 Å². The van der Waals surface area contributed by atoms with Gasteiger partial charge in [0.1, 0.15) is 5.60 Å². The van der Waals surface area contributed by atoms with E-state index < -0.39 is 35.5 Å². The van der Waals surface area contributed by atoms with E-state index in [4.69, 9.17) is 15.2 Å². The second-order valence-corrected chi connectivity index (χ2v) is 10.5. The normalized spacial score (nSPS) is 15.2. The third-order valence-corrected chi connectivity index (χ3v) is 5.94. The Bertz CT molecular complexity index is 788. The van der Waals surface area contributed by atoms with Crippen molar-refractivity contribution in [1.29, 1.82) is 0 Å². The SMILES string of the molecule is C=C(C(=O)NCCCC)C(N)[C@@H](O)[C@H](C[C@H](COCc1ccccc1)C(C)C)C(=O)OC(C)(C)C. The highest BCUT2D eigenvalue weighted by molar-refractivity contribution is 5.94. The molecule has 7 nitrogen and oxygen atoms in total. The van der Waals surface area contributed by atoms with Crippen LogP contribution in [0.1, 0.15) is 66.4 Å². The van der Waals surface area contributed by atoms with Crippen molar-refractivity contribution in [1.82, 2.24) is 5.32 Å². The van der Waals surface area contributed by atoms with Gasteiger partial charge in [0.25, 0.3) is 0 Å². The Kier molecular flexibility index (Phi) is 13.2. The number of hydrogen-bond acceptors (Lipinski definition) is 6. The molecule has 0 fully saturated rings. The maximum atomic E-state index is 13.2. The van der Waals surface area contributed by atoms with E-state index in [9.17, 15) is 14.7 Å². The van der Waals surface area contributed by atoms with E-state index >= 15 is 0 Å². The number of aliphatic hydroxyl groups is 1. The fraction of sp³-hybridized carbons (Fsp3) is 0.643. The zero-order valence-electron chi connectivity index (χ0n) is 22.4. The number of benzene rings is 1. The van der Waals surface area contributed by atoms with Gasteiger partial charge in [-0.3, -0.25) is 9.59 Å². The van der Waals surface area contributed by atoms with E-state index in [0.717, 1.165) is 18.4 Å². The number of aliphatic hydroxyl groups excluding tert-OH is 1. The van der Waals surface area contributed by atoms with Crippen LogP contribution in [0.4, 0.5) is 0 Å². The molecule has 0 saturated heterocycles. The second-order valence-electron chi connectivity index (χ2n) is 10.5. The molecule has 4 N–H and O–H groups in total. The van der Waals surface area contributed by atoms with Gasteiger partial charge in [0.2, 0.25) is 5.91 Å². The van der Waals surface area contributed by atoms with Crippen molar-refractivity contribution in [2.24, 2.45) is 23.5 Å². The van der Waals surface area contributed by atoms with Gasteiger partial charge in [-0.05, 0) is 51.0 Å². The Morgan fingerprint density at radius 1 is 1.17 bits per heavy atom. The van der Waals surface area contributed by atoms with Gasteiger partial charge in [-0.25, -0.2) is 0 Å². The predicted octanol–water partition coefficient (Wildman–Crippen LogP) is 3.98. The topological polar surface area (TPSA) is 111 Å². The van der Waals surface area contributed by atoms with Crippen molar-refractivity contribution in [3.8, 4) is 0 Å². The summed E-state index contributed by atoms with van der Waals surface area (Å²) in [6.07, 6.45) is 0.743. The van der Waals surface area contributed by atoms with Crippen LogP contribution in [0.2, 0.25) is 0 Å². The molecule has 1 unspecified atom stereocenters. The number of amides is 1. The monoisotopic (exact) mass is 490 g/mol. The molecule has 7 heteroatoms. The lowest BCUT2D eigenvalue weighted by molar-refractivity contribution is -0.166. The van der Waals surface area contributed by atoms with Crippen LogP contribution in [0.25, 0.3) is 0 Å². The van der Waals surface area contributed by atoms with Crippen molar-refractivity contribution in [3.05, 3.63) is 48.0 Å². The summed E-state index contributed by atoms with van der Waals surface area (Å²) in [5.74, 6) is -1.76. The van der Waals surface area contributed by atoms with E-state index in [1.54, 1.807) is 20.8 Å². The number of hydrogen-bond donors (Lipinski definition) is 3. The van der Waals surface area contributed by atoms with Crippen LogP contribution in [0.15, 0.2) is 42.5 Å². The van der Waals surface area contributed by atoms with Crippen LogP contribution in [0.5, 0.6) is 0 Å². The molecule has 198 valence electrons. The molecule has 0 radical (unpaired) electrons. The summed E-state index contributed by atoms with van der Waals surface area (Å²) in [5, 5.41) is 13.9. The Labute approximate surface area is 211 Å². The number of ether oxygens (including phenoxy) is 2. The van der Waals surface area contributed by atoms with Crippen molar-refractivity contribution in [2.45, 2.75) is 85.2 Å². The first kappa shape index (κ1) is 30.8. The Balaban J connectivity index is 2.98. The maximum Gasteiger partial charge on any atom is 0.312 e. The molecule has 0 aromatic heterocycles. The fourth-order valence-corrected chi connectivity index (χ4v) is 3.61. The average Bonchev–Trinajstić information content (AvgIpc) is 2.79. The molecule has 0 aliphatic carbocycles. The quantitative estimate of drug-likeness (QED) is 0.195. The first-order chi connectivity index (χ1) is 16.4. The minimum Gasteiger partial charge on any atom is -0.460 e. The highest BCUT2D eigenvalue weighted by atomic mass is 16.6. The molecule has 0 saturated carbocycles. The summed E-state index contributed by atoms with van der Waals surface area (Å²) in [5.41, 5.74) is 6.62. The first-order valence-corrected chi connectivity index (χ1v) is 12.6. The van der Waals surface area contributed by atoms with Crippen LogP contribution < -0.4 is 11.1 Å². The van der Waals surface area contributed by atoms with Crippen molar-refractivity contribution in [3.63, 3.8) is 0 Å². The molecule has 0 heterocycles. The Hall–Kier alpha value is -2.22. The number of nitrogens with one attached hydrogen (secondary N) is 1. The largest absolute Gasteiger partial charge is 0.460 e. The van der Waals surface area contributed by atoms with Crippen LogP contribution in [0.3, 0.4) is 0 Å². The molecule has 4 atom stereocenters. The van der Waals surface area contributed by atoms with Crippen LogP contribution in [-0.4, -0.2) is 47.9 Å². The van der Waals surface area contributed by atoms with Gasteiger partial charge in [0.15, 0.2) is 0 Å². The molecule has 35 heavy (non-hydrogen) atoms. The number of nitrogens with two attached hydrogens (primary N) is 1. The molecular weight excluding hydrogens is 444 g/mol. The van der Waals surface area contributed by atoms with Gasteiger partial charge in [-0.2, -0.15) is 0 Å². The molecule has 1 aromatic rings. The molecule has 1 aromatic carbocycles. The first-order valence-electron chi connectivity index (χ1n) is 12.6. The Morgan fingerprint density at radius 3 is 2.34 bits per heavy atom. The average molecular weight is 491 g/mol. The van der Waals surface area contributed by atoms with E-state index in [-0.39, 0.29) is 17.4 Å². The molecule has 0 spiro atoms. The predicted molar refractivity (Wildman–Crippen MR) is 139 cm³/mol. The number of unbranched alkanes of at least 4 members (excludes halogenated alkanes) is 1. The number of rotatable bonds is 15. The fourth-order valence-electron chi connectivity index (χ4n) is 3.61. The van der Waals surface area contributed by atoms with Gasteiger partial charge < -0.3 is 25.6 Å². The molecule has 0 aliphatic rings. The lowest BCUT2D eigenvalue weighted by Gasteiger charge is -2.33. The highest BCUT2D eigenvalue weighted by Crippen LogP contribution is 2.28. The molecule has 1 amide bonds. The third kappa shape index (κ3) is 11.4. The second kappa shape index (κ2) is 15.0. The minimum absolute atomic E-state index is 0.0373. The standard InChI is InChI=1S/C28H46N2O5/c1-8-9-15-30-26(32)20(4)24(29)25(31)23(27(33)35-28(5,6)7)16-22(19(2)3)18-34-17-21-13-11-10-12-14-21/h10-14,19,22-25,31H,4,8-9,15-18,29H2,1-3,5-7H3,(H,30,32)/t22-,23+,24?,25+/m1/s1. The summed E-state index contributed by atoms with van der Waals surface area (Å²) in [6.45, 7) is 16.6. The Morgan fingerprint density at radius 2 is 1.80 bits per heavy atom. The van der Waals surface area contributed by atoms with Gasteiger partial charge in [0, 0.05) is 12.1 Å². The lowest BCUT2D eigenvalue weighted by atomic mass is 9.81. The van der Waals surface area contributed by atoms with Crippen LogP contribution in [0, 0.1) is 17.8 Å². The highest BCUT2D eigenvalue weighted by Gasteiger charge is 2.38. The molecule has 0 bridgehead atoms. The van der Waals surface area contributed by atoms with Crippen LogP contribution in [-0.2, 0) is 25.7 Å². The zero-order valence-corrected chi connectivity index (χ0v) is 22.4. The molecule has 0 aliphatic heterocycles. The summed E-state index contributed by atoms with van der Waals surface area (Å²) >= 11 is 0. The number of carbonyl (C=O) groups is 2. The summed E-state index contributed by atoms with van der Waals surface area (Å²) in [4.78, 5) is 25.6. The smallest absolute Gasteiger partial charge is 0.312 e. The summed E-state index contributed by atoms with van der Waals surface area (Å²) in [7, 11) is 0. The van der Waals surface area contributed by atoms with E-state index in [1.807, 2.05) is 37.3 Å². The van der Waals surface area contributed by atoms with Gasteiger partial charge >= 0.3 is 5.97 Å². The van der Waals surface area contributed by atoms with E-state index in [1.165, 1.54) is 0 Å². The summed E-state index contributed by atoms with van der Waals surface area (Å²) < 4.78 is 11.6. The van der Waals surface area contributed by atoms with Gasteiger partial charge in [0.05, 0.1) is 31.3 Å². The van der Waals surface area contributed by atoms with E-state index in [2.05, 4.69) is 25.7 Å². The maximum absolute atomic E-state index is 13.2. The zero-order chi connectivity index (χ0) is 26.6. The van der Waals surface area contributed by atoms with Gasteiger partial charge in [-0.1, -0.05) is 64.1 Å². The van der Waals surface area contributed by atoms with Crippen LogP contribution >= 0.6 is 0 Å². The lowest BCUT2D eigenvalue weighted by Crippen LogP contribution is -2.49. The summed E-state index contributed by atoms with van der Waals surface area (Å²) in [6, 6.07) is 8.75. The molecular formula is C28H46N2O5. The number of esters is 1. The van der Waals surface area contributed by atoms with Gasteiger partial charge in [-0.15, -0.1) is 0 Å². The number of carbonyl (C=O) groups excluding carboxylic acids is 2. The third-order valence-electron chi connectivity index (χ3n) is 5.94. The minimum atomic E-state index is -1.33. The van der Waals surface area contributed by atoms with Crippen molar-refractivity contribution < 1.29 is 24.2 Å². The molecule has 1 rings (SSSR count).